The van der Waals surface area contributed by atoms with Crippen LogP contribution < -0.4 is 0 Å². The van der Waals surface area contributed by atoms with Crippen LogP contribution in [0.1, 0.15) is 120 Å². The Labute approximate surface area is 198 Å². The van der Waals surface area contributed by atoms with Crippen LogP contribution in [0.5, 0.6) is 0 Å². The number of fused-ring (bicyclic) bond motifs is 7. The van der Waals surface area contributed by atoms with Crippen LogP contribution in [0, 0.1) is 56.7 Å². The summed E-state index contributed by atoms with van der Waals surface area (Å²) in [7, 11) is 0. The summed E-state index contributed by atoms with van der Waals surface area (Å²) in [6.07, 6.45) is 12.4. The molecule has 2 heteroatoms. The second-order valence-electron chi connectivity index (χ2n) is 15.5. The Morgan fingerprint density at radius 3 is 2.03 bits per heavy atom. The van der Waals surface area contributed by atoms with Gasteiger partial charge in [0.05, 0.1) is 11.7 Å². The second-order valence-corrected chi connectivity index (χ2v) is 15.5. The third kappa shape index (κ3) is 2.72. The van der Waals surface area contributed by atoms with Gasteiger partial charge < -0.3 is 10.2 Å². The maximum absolute atomic E-state index is 12.0. The molecule has 5 rings (SSSR count). The van der Waals surface area contributed by atoms with Crippen LogP contribution in [0.2, 0.25) is 0 Å². The Bertz CT molecular complexity index is 765. The molecule has 0 amide bonds. The number of hydrogen-bond donors (Lipinski definition) is 2. The first-order chi connectivity index (χ1) is 14.6. The molecule has 0 bridgehead atoms. The third-order valence-corrected chi connectivity index (χ3v) is 13.7. The number of aliphatic hydroxyl groups is 2. The van der Waals surface area contributed by atoms with Gasteiger partial charge in [-0.1, -0.05) is 48.0 Å². The molecule has 0 aromatic heterocycles. The largest absolute Gasteiger partial charge is 0.393 e. The van der Waals surface area contributed by atoms with Crippen LogP contribution in [-0.2, 0) is 0 Å². The molecule has 5 aliphatic rings. The molecular formula is C30H52O2. The van der Waals surface area contributed by atoms with Gasteiger partial charge in [-0.05, 0) is 123 Å². The van der Waals surface area contributed by atoms with Gasteiger partial charge in [0, 0.05) is 5.41 Å². The van der Waals surface area contributed by atoms with Crippen molar-refractivity contribution in [3.05, 3.63) is 0 Å². The van der Waals surface area contributed by atoms with Crippen molar-refractivity contribution in [2.45, 2.75) is 131 Å². The van der Waals surface area contributed by atoms with Crippen LogP contribution in [-0.4, -0.2) is 21.9 Å². The number of hydrogen-bond acceptors (Lipinski definition) is 2. The van der Waals surface area contributed by atoms with E-state index < -0.39 is 5.60 Å². The normalized spacial score (nSPS) is 57.2. The maximum Gasteiger partial charge on any atom is 0.0622 e. The summed E-state index contributed by atoms with van der Waals surface area (Å²) in [6, 6.07) is 0. The molecule has 2 N–H and O–H groups in total. The lowest BCUT2D eigenvalue weighted by Gasteiger charge is -2.74. The molecule has 32 heavy (non-hydrogen) atoms. The van der Waals surface area contributed by atoms with Crippen molar-refractivity contribution >= 4 is 0 Å². The smallest absolute Gasteiger partial charge is 0.0622 e. The molecule has 5 saturated carbocycles. The zero-order chi connectivity index (χ0) is 23.5. The van der Waals surface area contributed by atoms with Crippen LogP contribution >= 0.6 is 0 Å². The average molecular weight is 445 g/mol. The summed E-state index contributed by atoms with van der Waals surface area (Å²) in [4.78, 5) is 0. The van der Waals surface area contributed by atoms with Crippen molar-refractivity contribution in [3.63, 3.8) is 0 Å². The fourth-order valence-corrected chi connectivity index (χ4v) is 12.1. The van der Waals surface area contributed by atoms with Gasteiger partial charge in [-0.15, -0.1) is 0 Å². The highest BCUT2D eigenvalue weighted by Crippen LogP contribution is 2.78. The SMILES string of the molecule is CC1(C)CCC[C@@]2(C)C1C[C@H](O)[C@]1(C)C2CCC2[C@@]3(C)CC[C@H](C(C)(C)O)C3CC[C@]21C. The van der Waals surface area contributed by atoms with Gasteiger partial charge in [0.1, 0.15) is 0 Å². The Hall–Kier alpha value is -0.0800. The minimum atomic E-state index is -0.573. The van der Waals surface area contributed by atoms with Crippen LogP contribution in [0.15, 0.2) is 0 Å². The molecule has 0 aliphatic heterocycles. The van der Waals surface area contributed by atoms with Gasteiger partial charge in [0.15, 0.2) is 0 Å². The van der Waals surface area contributed by atoms with Gasteiger partial charge in [-0.2, -0.15) is 0 Å². The Kier molecular flexibility index (Phi) is 5.01. The zero-order valence-corrected chi connectivity index (χ0v) is 22.4. The molecule has 5 aliphatic carbocycles. The van der Waals surface area contributed by atoms with E-state index in [0.717, 1.165) is 6.42 Å². The van der Waals surface area contributed by atoms with Gasteiger partial charge in [-0.25, -0.2) is 0 Å². The summed E-state index contributed by atoms with van der Waals surface area (Å²) in [5.74, 6) is 3.03. The molecule has 10 atom stereocenters. The van der Waals surface area contributed by atoms with Crippen molar-refractivity contribution in [3.8, 4) is 0 Å². The summed E-state index contributed by atoms with van der Waals surface area (Å²) in [5, 5.41) is 23.0. The predicted octanol–water partition coefficient (Wildman–Crippen LogP) is 7.22. The lowest BCUT2D eigenvalue weighted by Crippen LogP contribution is -2.70. The summed E-state index contributed by atoms with van der Waals surface area (Å²) < 4.78 is 0. The van der Waals surface area contributed by atoms with Crippen LogP contribution in [0.25, 0.3) is 0 Å². The first kappa shape index (κ1) is 23.7. The minimum Gasteiger partial charge on any atom is -0.393 e. The molecule has 184 valence electrons. The van der Waals surface area contributed by atoms with E-state index in [-0.39, 0.29) is 16.9 Å². The Morgan fingerprint density at radius 2 is 1.38 bits per heavy atom. The Morgan fingerprint density at radius 1 is 0.719 bits per heavy atom. The van der Waals surface area contributed by atoms with Crippen molar-refractivity contribution in [2.24, 2.45) is 56.7 Å². The quantitative estimate of drug-likeness (QED) is 0.448. The molecular weight excluding hydrogens is 392 g/mol. The number of rotatable bonds is 1. The third-order valence-electron chi connectivity index (χ3n) is 13.7. The molecule has 0 spiro atoms. The maximum atomic E-state index is 12.0. The molecule has 0 aromatic carbocycles. The highest BCUT2D eigenvalue weighted by Gasteiger charge is 2.72. The van der Waals surface area contributed by atoms with Crippen molar-refractivity contribution in [1.82, 2.24) is 0 Å². The Balaban J connectivity index is 1.55. The van der Waals surface area contributed by atoms with Gasteiger partial charge >= 0.3 is 0 Å². The van der Waals surface area contributed by atoms with E-state index in [1.807, 2.05) is 13.8 Å². The summed E-state index contributed by atoms with van der Waals surface area (Å²) >= 11 is 0. The van der Waals surface area contributed by atoms with E-state index in [9.17, 15) is 10.2 Å². The first-order valence-corrected chi connectivity index (χ1v) is 14.0. The first-order valence-electron chi connectivity index (χ1n) is 14.0. The lowest BCUT2D eigenvalue weighted by molar-refractivity contribution is -0.280. The predicted molar refractivity (Wildman–Crippen MR) is 132 cm³/mol. The fraction of sp³-hybridized carbons (Fsp3) is 1.00. The van der Waals surface area contributed by atoms with E-state index in [1.165, 1.54) is 57.8 Å². The summed E-state index contributed by atoms with van der Waals surface area (Å²) in [5.41, 5.74) is 0.667. The van der Waals surface area contributed by atoms with E-state index in [4.69, 9.17) is 0 Å². The molecule has 2 nitrogen and oxygen atoms in total. The topological polar surface area (TPSA) is 40.5 Å². The van der Waals surface area contributed by atoms with Crippen LogP contribution in [0.3, 0.4) is 0 Å². The van der Waals surface area contributed by atoms with Crippen LogP contribution in [0.4, 0.5) is 0 Å². The second kappa shape index (κ2) is 6.77. The van der Waals surface area contributed by atoms with Gasteiger partial charge in [0.25, 0.3) is 0 Å². The molecule has 5 fully saturated rings. The monoisotopic (exact) mass is 444 g/mol. The van der Waals surface area contributed by atoms with E-state index in [1.54, 1.807) is 0 Å². The molecule has 0 aromatic rings. The highest BCUT2D eigenvalue weighted by molar-refractivity contribution is 5.21. The van der Waals surface area contributed by atoms with Gasteiger partial charge in [-0.3, -0.25) is 0 Å². The average Bonchev–Trinajstić information content (AvgIpc) is 3.02. The summed E-state index contributed by atoms with van der Waals surface area (Å²) in [6.45, 7) is 19.4. The van der Waals surface area contributed by atoms with E-state index in [2.05, 4.69) is 41.5 Å². The molecule has 4 unspecified atom stereocenters. The lowest BCUT2D eigenvalue weighted by atomic mass is 9.31. The van der Waals surface area contributed by atoms with E-state index >= 15 is 0 Å². The van der Waals surface area contributed by atoms with Crippen molar-refractivity contribution in [1.29, 1.82) is 0 Å². The minimum absolute atomic E-state index is 0.00931. The molecule has 0 radical (unpaired) electrons. The zero-order valence-electron chi connectivity index (χ0n) is 22.4. The molecule has 0 saturated heterocycles. The van der Waals surface area contributed by atoms with Crippen molar-refractivity contribution < 1.29 is 10.2 Å². The van der Waals surface area contributed by atoms with Gasteiger partial charge in [0.2, 0.25) is 0 Å². The number of aliphatic hydroxyl groups excluding tert-OH is 1. The van der Waals surface area contributed by atoms with Crippen molar-refractivity contribution in [2.75, 3.05) is 0 Å². The molecule has 0 heterocycles. The fourth-order valence-electron chi connectivity index (χ4n) is 12.1. The van der Waals surface area contributed by atoms with E-state index in [0.29, 0.717) is 45.8 Å². The highest BCUT2D eigenvalue weighted by atomic mass is 16.3. The standard InChI is InChI=1S/C30H52O2/c1-25(2)14-9-15-28(6)22-11-10-21-27(5)16-12-19(26(3,4)32)20(27)13-17-29(21,7)30(22,8)24(31)18-23(25)28/h19-24,31-32H,9-18H2,1-8H3/t19-,20?,21?,22?,23?,24-,27-,28+,29+,30-/m0/s1.